The molecule has 1 N–H and O–H groups in total. The van der Waals surface area contributed by atoms with Gasteiger partial charge in [0.25, 0.3) is 0 Å². The van der Waals surface area contributed by atoms with Crippen molar-refractivity contribution < 1.29 is 86.2 Å². The molecule has 1 aromatic carbocycles. The Labute approximate surface area is 183 Å². The third-order valence-electron chi connectivity index (χ3n) is 3.07. The van der Waals surface area contributed by atoms with Gasteiger partial charge in [0.05, 0.1) is 11.1 Å². The fourth-order valence-corrected chi connectivity index (χ4v) is 1.93. The fraction of sp³-hybridized carbons (Fsp3) is 0.438. The summed E-state index contributed by atoms with van der Waals surface area (Å²) in [7, 11) is 0. The molecule has 0 aliphatic rings. The minimum absolute atomic E-state index is 0. The topological polar surface area (TPSA) is 80.7 Å². The Hall–Kier alpha value is -0.170. The molecule has 0 atom stereocenters. The van der Waals surface area contributed by atoms with E-state index < -0.39 is 17.9 Å². The molecule has 1 rings (SSSR count). The first-order chi connectivity index (χ1) is 10.1. The van der Waals surface area contributed by atoms with E-state index in [9.17, 15) is 14.4 Å². The number of benzene rings is 1. The molecular weight excluding hydrogens is 318 g/mol. The molecule has 23 heavy (non-hydrogen) atoms. The Kier molecular flexibility index (Phi) is 15.5. The number of hydrogen-bond donors (Lipinski definition) is 1. The summed E-state index contributed by atoms with van der Waals surface area (Å²) in [4.78, 5) is 34.4. The van der Waals surface area contributed by atoms with Crippen molar-refractivity contribution in [2.75, 3.05) is 0 Å². The Morgan fingerprint density at radius 3 is 2.13 bits per heavy atom. The first-order valence-corrected chi connectivity index (χ1v) is 7.13. The van der Waals surface area contributed by atoms with Gasteiger partial charge in [-0.05, 0) is 18.6 Å². The van der Waals surface area contributed by atoms with E-state index in [4.69, 9.17) is 9.84 Å². The number of ether oxygens (including phenoxy) is 1. The molecule has 7 heteroatoms. The van der Waals surface area contributed by atoms with Crippen molar-refractivity contribution in [2.45, 2.75) is 45.4 Å². The summed E-state index contributed by atoms with van der Waals surface area (Å²) in [6.07, 6.45) is 5.06. The molecular formula is C16H22Na2O5. The zero-order valence-electron chi connectivity index (χ0n) is 16.1. The molecule has 118 valence electrons. The summed E-state index contributed by atoms with van der Waals surface area (Å²) in [6.45, 7) is 2.10. The van der Waals surface area contributed by atoms with Crippen molar-refractivity contribution in [3.8, 4) is 0 Å². The van der Waals surface area contributed by atoms with Gasteiger partial charge in [-0.2, -0.15) is 0 Å². The number of carboxylic acids is 1. The van der Waals surface area contributed by atoms with E-state index >= 15 is 0 Å². The summed E-state index contributed by atoms with van der Waals surface area (Å²) in [6, 6.07) is 5.67. The van der Waals surface area contributed by atoms with E-state index in [0.717, 1.165) is 25.7 Å². The molecule has 0 saturated carbocycles. The van der Waals surface area contributed by atoms with Crippen LogP contribution in [0.1, 0.15) is 69.0 Å². The molecule has 1 aromatic rings. The van der Waals surface area contributed by atoms with E-state index in [1.807, 2.05) is 0 Å². The second-order valence-corrected chi connectivity index (χ2v) is 4.78. The third kappa shape index (κ3) is 9.65. The summed E-state index contributed by atoms with van der Waals surface area (Å²) in [5, 5.41) is 8.98. The maximum atomic E-state index is 11.8. The van der Waals surface area contributed by atoms with Crippen LogP contribution >= 0.6 is 0 Å². The number of rotatable bonds is 8. The second kappa shape index (κ2) is 14.2. The molecule has 0 aromatic heterocycles. The predicted octanol–water partition coefficient (Wildman–Crippen LogP) is -2.34. The second-order valence-electron chi connectivity index (χ2n) is 4.78. The Balaban J connectivity index is -0.000000551. The largest absolute Gasteiger partial charge is 1.00 e. The third-order valence-corrected chi connectivity index (χ3v) is 3.07. The number of carboxylic acid groups (broad SMARTS) is 1. The molecule has 0 fully saturated rings. The quantitative estimate of drug-likeness (QED) is 0.248. The van der Waals surface area contributed by atoms with Crippen LogP contribution < -0.4 is 59.1 Å². The molecule has 0 aliphatic heterocycles. The number of esters is 2. The predicted molar refractivity (Wildman–Crippen MR) is 79.4 cm³/mol. The number of carbonyl (C=O) groups is 3. The van der Waals surface area contributed by atoms with E-state index in [2.05, 4.69) is 6.92 Å². The van der Waals surface area contributed by atoms with Crippen molar-refractivity contribution in [1.82, 2.24) is 0 Å². The van der Waals surface area contributed by atoms with Gasteiger partial charge in [-0.3, -0.25) is 4.79 Å². The monoisotopic (exact) mass is 340 g/mol. The minimum Gasteiger partial charge on any atom is -1.00 e. The summed E-state index contributed by atoms with van der Waals surface area (Å²) in [5.74, 6) is -2.75. The fourth-order valence-electron chi connectivity index (χ4n) is 1.93. The van der Waals surface area contributed by atoms with Gasteiger partial charge in [0.15, 0.2) is 0 Å². The first-order valence-electron chi connectivity index (χ1n) is 7.13. The summed E-state index contributed by atoms with van der Waals surface area (Å²) in [5.41, 5.74) is -0.275. The smallest absolute Gasteiger partial charge is 1.00 e. The number of hydrogen-bond acceptors (Lipinski definition) is 4. The Bertz CT molecular complexity index is 527. The minimum atomic E-state index is -1.23. The van der Waals surface area contributed by atoms with Crippen LogP contribution in [0.4, 0.5) is 0 Å². The Morgan fingerprint density at radius 1 is 1.00 bits per heavy atom. The van der Waals surface area contributed by atoms with Crippen molar-refractivity contribution in [3.63, 3.8) is 0 Å². The number of unbranched alkanes of at least 4 members (excludes halogenated alkanes) is 4. The average Bonchev–Trinajstić information content (AvgIpc) is 2.47. The van der Waals surface area contributed by atoms with Crippen LogP contribution in [-0.4, -0.2) is 23.0 Å². The molecule has 0 radical (unpaired) electrons. The molecule has 0 unspecified atom stereocenters. The van der Waals surface area contributed by atoms with Gasteiger partial charge in [-0.15, -0.1) is 0 Å². The zero-order valence-corrected chi connectivity index (χ0v) is 18.1. The van der Waals surface area contributed by atoms with Crippen LogP contribution in [0.15, 0.2) is 24.3 Å². The van der Waals surface area contributed by atoms with Gasteiger partial charge in [-0.25, -0.2) is 9.59 Å². The van der Waals surface area contributed by atoms with E-state index in [1.54, 1.807) is 0 Å². The Morgan fingerprint density at radius 2 is 1.57 bits per heavy atom. The van der Waals surface area contributed by atoms with E-state index in [0.29, 0.717) is 6.42 Å². The van der Waals surface area contributed by atoms with Crippen LogP contribution in [0.2, 0.25) is 0 Å². The van der Waals surface area contributed by atoms with Crippen molar-refractivity contribution >= 4 is 17.9 Å². The molecule has 5 nitrogen and oxygen atoms in total. The summed E-state index contributed by atoms with van der Waals surface area (Å²) >= 11 is 0. The van der Waals surface area contributed by atoms with Crippen LogP contribution in [-0.2, 0) is 9.53 Å². The summed E-state index contributed by atoms with van der Waals surface area (Å²) < 4.78 is 4.69. The van der Waals surface area contributed by atoms with Gasteiger partial charge >= 0.3 is 77.0 Å². The molecule has 0 spiro atoms. The van der Waals surface area contributed by atoms with Crippen molar-refractivity contribution in [3.05, 3.63) is 35.4 Å². The standard InChI is InChI=1S/C16H20O5.2Na.2H/c1-2-3-4-5-6-11-14(17)21-16(20)13-10-8-7-9-12(13)15(18)19;;;;/h7-10H,2-6,11H2,1H3,(H,18,19);;;;/q;2*+1;2*-1. The SMILES string of the molecule is CCCCCCCC(=O)OC(=O)c1ccccc1C(=O)O.[H-].[H-].[Na+].[Na+]. The van der Waals surface area contributed by atoms with Crippen molar-refractivity contribution in [2.24, 2.45) is 0 Å². The normalized spacial score (nSPS) is 9.26. The van der Waals surface area contributed by atoms with Gasteiger partial charge in [0, 0.05) is 6.42 Å². The van der Waals surface area contributed by atoms with Crippen LogP contribution in [0.3, 0.4) is 0 Å². The van der Waals surface area contributed by atoms with Gasteiger partial charge < -0.3 is 12.7 Å². The van der Waals surface area contributed by atoms with E-state index in [-0.39, 0.29) is 79.5 Å². The molecule has 0 aliphatic carbocycles. The maximum absolute atomic E-state index is 11.8. The maximum Gasteiger partial charge on any atom is 1.00 e. The van der Waals surface area contributed by atoms with Gasteiger partial charge in [0.2, 0.25) is 0 Å². The van der Waals surface area contributed by atoms with Gasteiger partial charge in [-0.1, -0.05) is 44.7 Å². The van der Waals surface area contributed by atoms with Crippen LogP contribution in [0, 0.1) is 0 Å². The molecule has 0 bridgehead atoms. The number of aromatic carboxylic acids is 1. The van der Waals surface area contributed by atoms with E-state index in [1.165, 1.54) is 24.3 Å². The molecule has 0 saturated heterocycles. The zero-order chi connectivity index (χ0) is 15.7. The first kappa shape index (κ1) is 25.1. The van der Waals surface area contributed by atoms with Gasteiger partial charge in [0.1, 0.15) is 0 Å². The number of carbonyl (C=O) groups excluding carboxylic acids is 2. The molecule has 0 amide bonds. The molecule has 0 heterocycles. The van der Waals surface area contributed by atoms with Crippen molar-refractivity contribution in [1.29, 1.82) is 0 Å². The average molecular weight is 340 g/mol. The van der Waals surface area contributed by atoms with Crippen LogP contribution in [0.25, 0.3) is 0 Å². The van der Waals surface area contributed by atoms with Crippen LogP contribution in [0.5, 0.6) is 0 Å².